The molecule has 3 N–H and O–H groups in total. The summed E-state index contributed by atoms with van der Waals surface area (Å²) in [4.78, 5) is 13.5. The predicted molar refractivity (Wildman–Crippen MR) is 130 cm³/mol. The molecule has 0 atom stereocenters. The topological polar surface area (TPSA) is 100 Å². The van der Waals surface area contributed by atoms with Gasteiger partial charge in [0.05, 0.1) is 11.1 Å². The average molecular weight is 452 g/mol. The Balaban J connectivity index is 1.67. The lowest BCUT2D eigenvalue weighted by Crippen LogP contribution is -2.08. The fourth-order valence-corrected chi connectivity index (χ4v) is 4.01. The molecule has 5 aromatic rings. The molecular weight excluding hydrogens is 432 g/mol. The highest BCUT2D eigenvalue weighted by molar-refractivity contribution is 6.03. The predicted octanol–water partition coefficient (Wildman–Crippen LogP) is 6.34. The molecule has 34 heavy (non-hydrogen) atoms. The number of fused-ring (bicyclic) bond motifs is 1. The number of para-hydroxylation sites is 1. The first-order valence-electron chi connectivity index (χ1n) is 10.6. The van der Waals surface area contributed by atoms with Crippen LogP contribution in [0.2, 0.25) is 0 Å². The van der Waals surface area contributed by atoms with Crippen molar-refractivity contribution in [3.63, 3.8) is 0 Å². The Hall–Kier alpha value is -4.71. The van der Waals surface area contributed by atoms with Crippen LogP contribution < -0.4 is 10.2 Å². The molecule has 4 aromatic carbocycles. The van der Waals surface area contributed by atoms with E-state index >= 15 is 0 Å². The van der Waals surface area contributed by atoms with E-state index in [9.17, 15) is 20.1 Å². The average Bonchev–Trinajstić information content (AvgIpc) is 2.85. The lowest BCUT2D eigenvalue weighted by Gasteiger charge is -2.14. The Morgan fingerprint density at radius 2 is 1.21 bits per heavy atom. The Morgan fingerprint density at radius 1 is 0.647 bits per heavy atom. The minimum absolute atomic E-state index is 0.00530. The maximum atomic E-state index is 13.5. The molecule has 0 aliphatic rings. The second-order valence-corrected chi connectivity index (χ2v) is 7.79. The van der Waals surface area contributed by atoms with Crippen molar-refractivity contribution < 1.29 is 24.5 Å². The van der Waals surface area contributed by atoms with E-state index in [1.165, 1.54) is 0 Å². The van der Waals surface area contributed by atoms with E-state index in [-0.39, 0.29) is 22.1 Å². The molecular formula is C28H20O6. The maximum Gasteiger partial charge on any atom is 0.204 e. The number of benzene rings is 4. The van der Waals surface area contributed by atoms with Gasteiger partial charge in [-0.2, -0.15) is 0 Å². The molecule has 0 spiro atoms. The molecule has 0 aliphatic carbocycles. The Kier molecular flexibility index (Phi) is 5.18. The van der Waals surface area contributed by atoms with Gasteiger partial charge in [0.2, 0.25) is 11.2 Å². The molecule has 0 unspecified atom stereocenters. The van der Waals surface area contributed by atoms with Gasteiger partial charge in [-0.15, -0.1) is 0 Å². The van der Waals surface area contributed by atoms with Crippen LogP contribution in [0.3, 0.4) is 0 Å². The quantitative estimate of drug-likeness (QED) is 0.275. The van der Waals surface area contributed by atoms with Crippen LogP contribution in [-0.4, -0.2) is 15.3 Å². The highest BCUT2D eigenvalue weighted by Gasteiger charge is 2.26. The Bertz CT molecular complexity index is 1550. The van der Waals surface area contributed by atoms with Gasteiger partial charge in [-0.3, -0.25) is 4.79 Å². The SMILES string of the molecule is Cc1oc2c(-c3ccccc3)c(O)c(O)c(O)c2c(=O)c1-c1ccc(Oc2ccccc2)cc1. The number of aryl methyl sites for hydroxylation is 1. The van der Waals surface area contributed by atoms with Crippen LogP contribution in [0.4, 0.5) is 0 Å². The summed E-state index contributed by atoms with van der Waals surface area (Å²) in [6, 6.07) is 24.9. The molecule has 168 valence electrons. The largest absolute Gasteiger partial charge is 0.504 e. The molecule has 0 aliphatic heterocycles. The van der Waals surface area contributed by atoms with Crippen LogP contribution in [0.5, 0.6) is 28.7 Å². The first-order valence-corrected chi connectivity index (χ1v) is 10.6. The molecule has 5 rings (SSSR count). The molecule has 0 saturated heterocycles. The molecule has 0 saturated carbocycles. The summed E-state index contributed by atoms with van der Waals surface area (Å²) >= 11 is 0. The first-order chi connectivity index (χ1) is 16.5. The normalized spacial score (nSPS) is 11.0. The summed E-state index contributed by atoms with van der Waals surface area (Å²) in [6.45, 7) is 1.64. The van der Waals surface area contributed by atoms with Crippen molar-refractivity contribution in [1.82, 2.24) is 0 Å². The zero-order valence-electron chi connectivity index (χ0n) is 18.1. The number of hydrogen-bond acceptors (Lipinski definition) is 6. The minimum Gasteiger partial charge on any atom is -0.504 e. The van der Waals surface area contributed by atoms with Gasteiger partial charge in [0.15, 0.2) is 17.1 Å². The highest BCUT2D eigenvalue weighted by Crippen LogP contribution is 2.48. The summed E-state index contributed by atoms with van der Waals surface area (Å²) in [6.07, 6.45) is 0. The standard InChI is InChI=1S/C28H20O6/c1-16-21(18-12-14-20(15-13-18)34-19-10-6-3-7-11-19)24(29)23-26(31)27(32)25(30)22(28(23)33-16)17-8-4-2-5-9-17/h2-15,30-32H,1H3. The molecule has 1 aromatic heterocycles. The van der Waals surface area contributed by atoms with Gasteiger partial charge >= 0.3 is 0 Å². The second-order valence-electron chi connectivity index (χ2n) is 7.79. The number of ether oxygens (including phenoxy) is 1. The zero-order valence-corrected chi connectivity index (χ0v) is 18.1. The van der Waals surface area contributed by atoms with Gasteiger partial charge in [-0.1, -0.05) is 60.7 Å². The third-order valence-corrected chi connectivity index (χ3v) is 5.62. The summed E-state index contributed by atoms with van der Waals surface area (Å²) in [5.41, 5.74) is 0.914. The van der Waals surface area contributed by atoms with Gasteiger partial charge in [-0.05, 0) is 42.3 Å². The lowest BCUT2D eigenvalue weighted by molar-refractivity contribution is 0.371. The third-order valence-electron chi connectivity index (χ3n) is 5.62. The van der Waals surface area contributed by atoms with Crippen molar-refractivity contribution in [2.45, 2.75) is 6.92 Å². The van der Waals surface area contributed by atoms with Gasteiger partial charge in [0.1, 0.15) is 22.6 Å². The number of aromatic hydroxyl groups is 3. The number of phenolic OH excluding ortho intramolecular Hbond substituents is 3. The Morgan fingerprint density at radius 3 is 1.85 bits per heavy atom. The van der Waals surface area contributed by atoms with Crippen molar-refractivity contribution in [2.75, 3.05) is 0 Å². The zero-order chi connectivity index (χ0) is 23.8. The summed E-state index contributed by atoms with van der Waals surface area (Å²) in [5, 5.41) is 31.3. The summed E-state index contributed by atoms with van der Waals surface area (Å²) < 4.78 is 11.8. The van der Waals surface area contributed by atoms with Gasteiger partial charge in [0, 0.05) is 0 Å². The van der Waals surface area contributed by atoms with Gasteiger partial charge in [-0.25, -0.2) is 0 Å². The second kappa shape index (κ2) is 8.33. The van der Waals surface area contributed by atoms with E-state index < -0.39 is 22.7 Å². The van der Waals surface area contributed by atoms with Gasteiger partial charge < -0.3 is 24.5 Å². The first kappa shape index (κ1) is 21.2. The molecule has 6 nitrogen and oxygen atoms in total. The van der Waals surface area contributed by atoms with Crippen LogP contribution in [0.25, 0.3) is 33.2 Å². The van der Waals surface area contributed by atoms with Crippen molar-refractivity contribution in [1.29, 1.82) is 0 Å². The number of hydrogen-bond donors (Lipinski definition) is 3. The molecule has 6 heteroatoms. The number of phenols is 3. The number of rotatable bonds is 4. The van der Waals surface area contributed by atoms with E-state index in [1.807, 2.05) is 30.3 Å². The molecule has 0 radical (unpaired) electrons. The van der Waals surface area contributed by atoms with Crippen molar-refractivity contribution >= 4 is 11.0 Å². The van der Waals surface area contributed by atoms with Gasteiger partial charge in [0.25, 0.3) is 0 Å². The van der Waals surface area contributed by atoms with Crippen molar-refractivity contribution in [3.05, 3.63) is 101 Å². The lowest BCUT2D eigenvalue weighted by atomic mass is 9.97. The minimum atomic E-state index is -0.778. The van der Waals surface area contributed by atoms with Crippen LogP contribution in [-0.2, 0) is 0 Å². The van der Waals surface area contributed by atoms with E-state index in [4.69, 9.17) is 9.15 Å². The van der Waals surface area contributed by atoms with E-state index in [1.54, 1.807) is 61.5 Å². The summed E-state index contributed by atoms with van der Waals surface area (Å²) in [5.74, 6) is -0.490. The fraction of sp³-hybridized carbons (Fsp3) is 0.0357. The summed E-state index contributed by atoms with van der Waals surface area (Å²) in [7, 11) is 0. The van der Waals surface area contributed by atoms with Crippen LogP contribution in [0.15, 0.2) is 94.1 Å². The van der Waals surface area contributed by atoms with E-state index in [2.05, 4.69) is 0 Å². The highest BCUT2D eigenvalue weighted by atomic mass is 16.5. The molecule has 0 bridgehead atoms. The fourth-order valence-electron chi connectivity index (χ4n) is 4.01. The molecule has 1 heterocycles. The smallest absolute Gasteiger partial charge is 0.204 e. The van der Waals surface area contributed by atoms with Crippen LogP contribution >= 0.6 is 0 Å². The molecule has 0 fully saturated rings. The van der Waals surface area contributed by atoms with E-state index in [0.29, 0.717) is 28.4 Å². The molecule has 0 amide bonds. The Labute approximate surface area is 194 Å². The van der Waals surface area contributed by atoms with Crippen LogP contribution in [0, 0.1) is 6.92 Å². The van der Waals surface area contributed by atoms with Crippen molar-refractivity contribution in [3.8, 4) is 51.0 Å². The van der Waals surface area contributed by atoms with Crippen molar-refractivity contribution in [2.24, 2.45) is 0 Å². The van der Waals surface area contributed by atoms with E-state index in [0.717, 1.165) is 0 Å². The monoisotopic (exact) mass is 452 g/mol. The maximum absolute atomic E-state index is 13.5. The van der Waals surface area contributed by atoms with Crippen LogP contribution in [0.1, 0.15) is 5.76 Å². The third kappa shape index (κ3) is 3.51.